The van der Waals surface area contributed by atoms with E-state index in [2.05, 4.69) is 5.32 Å². The van der Waals surface area contributed by atoms with Crippen LogP contribution in [0.1, 0.15) is 32.6 Å². The SMILES string of the molecule is CCCC(=O)CCCNCCO. The summed E-state index contributed by atoms with van der Waals surface area (Å²) in [5, 5.41) is 11.5. The molecule has 3 nitrogen and oxygen atoms in total. The Morgan fingerprint density at radius 1 is 1.33 bits per heavy atom. The van der Waals surface area contributed by atoms with Gasteiger partial charge in [-0.1, -0.05) is 6.92 Å². The number of Topliss-reactive ketones (excluding diaryl/α,β-unsaturated/α-hetero) is 1. The molecule has 12 heavy (non-hydrogen) atoms. The highest BCUT2D eigenvalue weighted by Gasteiger charge is 1.98. The molecule has 0 aliphatic carbocycles. The van der Waals surface area contributed by atoms with Crippen molar-refractivity contribution in [2.24, 2.45) is 0 Å². The molecule has 0 heterocycles. The summed E-state index contributed by atoms with van der Waals surface area (Å²) in [6.07, 6.45) is 3.22. The molecule has 0 bridgehead atoms. The van der Waals surface area contributed by atoms with Gasteiger partial charge in [0.15, 0.2) is 0 Å². The number of hydrogen-bond acceptors (Lipinski definition) is 3. The number of rotatable bonds is 8. The van der Waals surface area contributed by atoms with Crippen molar-refractivity contribution in [1.29, 1.82) is 0 Å². The van der Waals surface area contributed by atoms with E-state index in [4.69, 9.17) is 5.11 Å². The Balaban J connectivity index is 3.03. The Morgan fingerprint density at radius 2 is 2.08 bits per heavy atom. The summed E-state index contributed by atoms with van der Waals surface area (Å²) in [5.74, 6) is 0.350. The van der Waals surface area contributed by atoms with Crippen molar-refractivity contribution in [2.75, 3.05) is 19.7 Å². The van der Waals surface area contributed by atoms with Crippen LogP contribution in [0.15, 0.2) is 0 Å². The molecule has 0 aromatic rings. The van der Waals surface area contributed by atoms with E-state index in [-0.39, 0.29) is 6.61 Å². The smallest absolute Gasteiger partial charge is 0.132 e. The zero-order valence-corrected chi connectivity index (χ0v) is 7.81. The first-order chi connectivity index (χ1) is 5.81. The number of ketones is 1. The lowest BCUT2D eigenvalue weighted by atomic mass is 10.1. The van der Waals surface area contributed by atoms with Crippen LogP contribution in [0, 0.1) is 0 Å². The van der Waals surface area contributed by atoms with Gasteiger partial charge in [-0.15, -0.1) is 0 Å². The molecule has 72 valence electrons. The van der Waals surface area contributed by atoms with Crippen LogP contribution < -0.4 is 5.32 Å². The second-order valence-electron chi connectivity index (χ2n) is 2.87. The number of hydrogen-bond donors (Lipinski definition) is 2. The van der Waals surface area contributed by atoms with Gasteiger partial charge in [-0.2, -0.15) is 0 Å². The van der Waals surface area contributed by atoms with Gasteiger partial charge in [-0.05, 0) is 19.4 Å². The molecule has 0 unspecified atom stereocenters. The molecule has 0 fully saturated rings. The van der Waals surface area contributed by atoms with Gasteiger partial charge in [0.2, 0.25) is 0 Å². The van der Waals surface area contributed by atoms with Crippen LogP contribution in [0.5, 0.6) is 0 Å². The van der Waals surface area contributed by atoms with E-state index >= 15 is 0 Å². The lowest BCUT2D eigenvalue weighted by molar-refractivity contribution is -0.119. The number of aliphatic hydroxyl groups excluding tert-OH is 1. The third-order valence-corrected chi connectivity index (χ3v) is 1.63. The molecule has 3 heteroatoms. The van der Waals surface area contributed by atoms with Crippen LogP contribution in [0.25, 0.3) is 0 Å². The minimum absolute atomic E-state index is 0.170. The first-order valence-electron chi connectivity index (χ1n) is 4.64. The number of carbonyl (C=O) groups excluding carboxylic acids is 1. The second-order valence-corrected chi connectivity index (χ2v) is 2.87. The molecule has 0 spiro atoms. The molecule has 0 aliphatic heterocycles. The number of aliphatic hydroxyl groups is 1. The summed E-state index contributed by atoms with van der Waals surface area (Å²) >= 11 is 0. The Morgan fingerprint density at radius 3 is 2.67 bits per heavy atom. The third-order valence-electron chi connectivity index (χ3n) is 1.63. The van der Waals surface area contributed by atoms with Crippen LogP contribution in [0.3, 0.4) is 0 Å². The number of nitrogens with one attached hydrogen (secondary N) is 1. The van der Waals surface area contributed by atoms with Gasteiger partial charge >= 0.3 is 0 Å². The minimum atomic E-state index is 0.170. The highest BCUT2D eigenvalue weighted by Crippen LogP contribution is 1.96. The maximum absolute atomic E-state index is 11.0. The van der Waals surface area contributed by atoms with Crippen LogP contribution in [-0.4, -0.2) is 30.6 Å². The first-order valence-corrected chi connectivity index (χ1v) is 4.64. The Hall–Kier alpha value is -0.410. The molecule has 0 aliphatic rings. The van der Waals surface area contributed by atoms with Gasteiger partial charge < -0.3 is 10.4 Å². The van der Waals surface area contributed by atoms with E-state index in [0.29, 0.717) is 25.2 Å². The maximum atomic E-state index is 11.0. The molecule has 2 N–H and O–H groups in total. The summed E-state index contributed by atoms with van der Waals surface area (Å²) in [7, 11) is 0. The highest BCUT2D eigenvalue weighted by atomic mass is 16.3. The molecular weight excluding hydrogens is 154 g/mol. The van der Waals surface area contributed by atoms with Crippen molar-refractivity contribution >= 4 is 5.78 Å². The molecule has 0 radical (unpaired) electrons. The Labute approximate surface area is 74.2 Å². The molecular formula is C9H19NO2. The van der Waals surface area contributed by atoms with Crippen molar-refractivity contribution in [3.8, 4) is 0 Å². The van der Waals surface area contributed by atoms with Crippen LogP contribution in [-0.2, 0) is 4.79 Å². The van der Waals surface area contributed by atoms with E-state index in [1.807, 2.05) is 6.92 Å². The summed E-state index contributed by atoms with van der Waals surface area (Å²) in [6.45, 7) is 3.64. The summed E-state index contributed by atoms with van der Waals surface area (Å²) < 4.78 is 0. The average Bonchev–Trinajstić information content (AvgIpc) is 2.05. The summed E-state index contributed by atoms with van der Waals surface area (Å²) in [4.78, 5) is 11.0. The van der Waals surface area contributed by atoms with Crippen LogP contribution in [0.2, 0.25) is 0 Å². The van der Waals surface area contributed by atoms with Gasteiger partial charge in [0.1, 0.15) is 5.78 Å². The maximum Gasteiger partial charge on any atom is 0.132 e. The van der Waals surface area contributed by atoms with Crippen molar-refractivity contribution in [2.45, 2.75) is 32.6 Å². The largest absolute Gasteiger partial charge is 0.395 e. The Bertz CT molecular complexity index is 115. The zero-order chi connectivity index (χ0) is 9.23. The summed E-state index contributed by atoms with van der Waals surface area (Å²) in [5.41, 5.74) is 0. The van der Waals surface area contributed by atoms with Gasteiger partial charge in [0, 0.05) is 19.4 Å². The van der Waals surface area contributed by atoms with Crippen molar-refractivity contribution in [1.82, 2.24) is 5.32 Å². The van der Waals surface area contributed by atoms with E-state index in [0.717, 1.165) is 19.4 Å². The fourth-order valence-electron chi connectivity index (χ4n) is 1.02. The molecule has 0 aromatic heterocycles. The van der Waals surface area contributed by atoms with Gasteiger partial charge in [-0.25, -0.2) is 0 Å². The van der Waals surface area contributed by atoms with Gasteiger partial charge in [0.05, 0.1) is 6.61 Å². The standard InChI is InChI=1S/C9H19NO2/c1-2-4-9(12)5-3-6-10-7-8-11/h10-11H,2-8H2,1H3. The normalized spacial score (nSPS) is 10.2. The molecule has 0 rings (SSSR count). The predicted molar refractivity (Wildman–Crippen MR) is 49.1 cm³/mol. The molecule has 0 aromatic carbocycles. The predicted octanol–water partition coefficient (Wildman–Crippen LogP) is 0.718. The topological polar surface area (TPSA) is 49.3 Å². The quantitative estimate of drug-likeness (QED) is 0.532. The van der Waals surface area contributed by atoms with Crippen LogP contribution in [0.4, 0.5) is 0 Å². The minimum Gasteiger partial charge on any atom is -0.395 e. The van der Waals surface area contributed by atoms with Crippen molar-refractivity contribution in [3.05, 3.63) is 0 Å². The fourth-order valence-corrected chi connectivity index (χ4v) is 1.02. The lowest BCUT2D eigenvalue weighted by Crippen LogP contribution is -2.19. The molecule has 0 saturated carbocycles. The highest BCUT2D eigenvalue weighted by molar-refractivity contribution is 5.78. The van der Waals surface area contributed by atoms with E-state index in [9.17, 15) is 4.79 Å². The zero-order valence-electron chi connectivity index (χ0n) is 7.81. The van der Waals surface area contributed by atoms with E-state index < -0.39 is 0 Å². The third kappa shape index (κ3) is 7.69. The van der Waals surface area contributed by atoms with E-state index in [1.165, 1.54) is 0 Å². The first kappa shape index (κ1) is 11.6. The molecule has 0 atom stereocenters. The van der Waals surface area contributed by atoms with E-state index in [1.54, 1.807) is 0 Å². The molecule has 0 saturated heterocycles. The second kappa shape index (κ2) is 8.68. The monoisotopic (exact) mass is 173 g/mol. The average molecular weight is 173 g/mol. The number of carbonyl (C=O) groups is 1. The lowest BCUT2D eigenvalue weighted by Gasteiger charge is -2.01. The Kier molecular flexibility index (Phi) is 8.39. The van der Waals surface area contributed by atoms with Crippen molar-refractivity contribution in [3.63, 3.8) is 0 Å². The fraction of sp³-hybridized carbons (Fsp3) is 0.889. The summed E-state index contributed by atoms with van der Waals surface area (Å²) in [6, 6.07) is 0. The van der Waals surface area contributed by atoms with Crippen LogP contribution >= 0.6 is 0 Å². The molecule has 0 amide bonds. The van der Waals surface area contributed by atoms with Crippen molar-refractivity contribution < 1.29 is 9.90 Å². The van der Waals surface area contributed by atoms with Gasteiger partial charge in [-0.3, -0.25) is 4.79 Å². The van der Waals surface area contributed by atoms with Gasteiger partial charge in [0.25, 0.3) is 0 Å².